The zero-order valence-corrected chi connectivity index (χ0v) is 12.4. The summed E-state index contributed by atoms with van der Waals surface area (Å²) >= 11 is 0. The molecular formula is C17H23NO3. The molecule has 2 atom stereocenters. The number of rotatable bonds is 6. The van der Waals surface area contributed by atoms with E-state index in [0.717, 1.165) is 6.42 Å². The van der Waals surface area contributed by atoms with Gasteiger partial charge in [0.15, 0.2) is 6.04 Å². The molecule has 0 bridgehead atoms. The lowest BCUT2D eigenvalue weighted by molar-refractivity contribution is -0.142. The van der Waals surface area contributed by atoms with E-state index in [2.05, 4.69) is 5.32 Å². The van der Waals surface area contributed by atoms with Crippen LogP contribution in [0.1, 0.15) is 50.6 Å². The second-order valence-corrected chi connectivity index (χ2v) is 5.98. The molecule has 0 saturated heterocycles. The van der Waals surface area contributed by atoms with Crippen LogP contribution in [0, 0.1) is 11.8 Å². The number of hydrogen-bond acceptors (Lipinski definition) is 2. The Labute approximate surface area is 125 Å². The maximum absolute atomic E-state index is 12.2. The average molecular weight is 289 g/mol. The molecule has 0 aromatic heterocycles. The number of carbonyl (C=O) groups excluding carboxylic acids is 1. The normalized spacial score (nSPS) is 18.1. The Kier molecular flexibility index (Phi) is 5.37. The molecule has 1 aliphatic carbocycles. The number of amides is 1. The lowest BCUT2D eigenvalue weighted by Gasteiger charge is -2.20. The van der Waals surface area contributed by atoms with Gasteiger partial charge in [0, 0.05) is 5.92 Å². The third-order valence-electron chi connectivity index (χ3n) is 4.28. The molecule has 4 heteroatoms. The predicted molar refractivity (Wildman–Crippen MR) is 80.7 cm³/mol. The van der Waals surface area contributed by atoms with Crippen LogP contribution in [0.25, 0.3) is 0 Å². The second-order valence-electron chi connectivity index (χ2n) is 5.98. The van der Waals surface area contributed by atoms with Gasteiger partial charge in [-0.05, 0) is 17.9 Å². The first-order valence-corrected chi connectivity index (χ1v) is 7.66. The molecule has 1 aromatic rings. The fourth-order valence-corrected chi connectivity index (χ4v) is 3.07. The predicted octanol–water partition coefficient (Wildman–Crippen LogP) is 3.14. The van der Waals surface area contributed by atoms with E-state index in [0.29, 0.717) is 11.5 Å². The quantitative estimate of drug-likeness (QED) is 0.845. The molecule has 0 spiro atoms. The van der Waals surface area contributed by atoms with Crippen molar-refractivity contribution in [3.05, 3.63) is 35.9 Å². The highest BCUT2D eigenvalue weighted by atomic mass is 16.4. The number of carbonyl (C=O) groups is 2. The van der Waals surface area contributed by atoms with Crippen LogP contribution in [-0.2, 0) is 9.59 Å². The molecule has 0 heterocycles. The van der Waals surface area contributed by atoms with Gasteiger partial charge in [0.25, 0.3) is 0 Å². The van der Waals surface area contributed by atoms with Crippen molar-refractivity contribution < 1.29 is 14.7 Å². The molecule has 1 saturated carbocycles. The van der Waals surface area contributed by atoms with E-state index in [9.17, 15) is 14.7 Å². The van der Waals surface area contributed by atoms with Crippen molar-refractivity contribution in [2.75, 3.05) is 0 Å². The maximum Gasteiger partial charge on any atom is 0.330 e. The van der Waals surface area contributed by atoms with E-state index in [1.54, 1.807) is 24.3 Å². The van der Waals surface area contributed by atoms with Crippen LogP contribution in [0.3, 0.4) is 0 Å². The zero-order valence-electron chi connectivity index (χ0n) is 12.4. The number of benzene rings is 1. The Balaban J connectivity index is 1.96. The molecule has 2 rings (SSSR count). The Morgan fingerprint density at radius 1 is 1.24 bits per heavy atom. The van der Waals surface area contributed by atoms with Crippen molar-refractivity contribution in [1.82, 2.24) is 5.32 Å². The van der Waals surface area contributed by atoms with Crippen molar-refractivity contribution in [1.29, 1.82) is 0 Å². The monoisotopic (exact) mass is 289 g/mol. The van der Waals surface area contributed by atoms with Crippen molar-refractivity contribution in [2.45, 2.75) is 45.1 Å². The van der Waals surface area contributed by atoms with E-state index in [4.69, 9.17) is 0 Å². The fourth-order valence-electron chi connectivity index (χ4n) is 3.07. The molecule has 1 aromatic carbocycles. The van der Waals surface area contributed by atoms with Crippen LogP contribution < -0.4 is 5.32 Å². The summed E-state index contributed by atoms with van der Waals surface area (Å²) in [6, 6.07) is 7.86. The molecule has 21 heavy (non-hydrogen) atoms. The van der Waals surface area contributed by atoms with Gasteiger partial charge in [-0.1, -0.05) is 62.9 Å². The Hall–Kier alpha value is -1.84. The number of hydrogen-bond donors (Lipinski definition) is 2. The molecule has 1 amide bonds. The smallest absolute Gasteiger partial charge is 0.330 e. The lowest BCUT2D eigenvalue weighted by Crippen LogP contribution is -2.37. The van der Waals surface area contributed by atoms with Crippen LogP contribution in [0.4, 0.5) is 0 Å². The summed E-state index contributed by atoms with van der Waals surface area (Å²) in [7, 11) is 0. The Bertz CT molecular complexity index is 480. The van der Waals surface area contributed by atoms with Crippen LogP contribution in [0.2, 0.25) is 0 Å². The van der Waals surface area contributed by atoms with E-state index < -0.39 is 12.0 Å². The molecule has 1 fully saturated rings. The Morgan fingerprint density at radius 3 is 2.43 bits per heavy atom. The number of carboxylic acid groups (broad SMARTS) is 1. The summed E-state index contributed by atoms with van der Waals surface area (Å²) in [6.07, 6.45) is 5.74. The molecule has 4 nitrogen and oxygen atoms in total. The van der Waals surface area contributed by atoms with Crippen molar-refractivity contribution in [3.63, 3.8) is 0 Å². The highest BCUT2D eigenvalue weighted by Crippen LogP contribution is 2.30. The molecule has 0 aliphatic heterocycles. The van der Waals surface area contributed by atoms with Crippen molar-refractivity contribution in [2.24, 2.45) is 11.8 Å². The average Bonchev–Trinajstić information content (AvgIpc) is 2.98. The van der Waals surface area contributed by atoms with Crippen LogP contribution in [0.5, 0.6) is 0 Å². The minimum absolute atomic E-state index is 0.140. The SMILES string of the molecule is CC(CC1CCCC1)C(=O)NC(C(=O)O)c1ccccc1. The van der Waals surface area contributed by atoms with Crippen molar-refractivity contribution >= 4 is 11.9 Å². The maximum atomic E-state index is 12.2. The van der Waals surface area contributed by atoms with E-state index in [1.165, 1.54) is 25.7 Å². The van der Waals surface area contributed by atoms with Gasteiger partial charge in [0.05, 0.1) is 0 Å². The topological polar surface area (TPSA) is 66.4 Å². The summed E-state index contributed by atoms with van der Waals surface area (Å²) < 4.78 is 0. The zero-order chi connectivity index (χ0) is 15.2. The summed E-state index contributed by atoms with van der Waals surface area (Å²) in [4.78, 5) is 23.6. The first kappa shape index (κ1) is 15.5. The van der Waals surface area contributed by atoms with Gasteiger partial charge in [-0.25, -0.2) is 4.79 Å². The molecule has 114 valence electrons. The van der Waals surface area contributed by atoms with Gasteiger partial charge in [0.2, 0.25) is 5.91 Å². The largest absolute Gasteiger partial charge is 0.479 e. The Morgan fingerprint density at radius 2 is 1.86 bits per heavy atom. The molecule has 1 aliphatic rings. The van der Waals surface area contributed by atoms with Crippen LogP contribution >= 0.6 is 0 Å². The van der Waals surface area contributed by atoms with Crippen molar-refractivity contribution in [3.8, 4) is 0 Å². The summed E-state index contributed by atoms with van der Waals surface area (Å²) in [5, 5.41) is 12.0. The van der Waals surface area contributed by atoms with Gasteiger partial charge in [-0.15, -0.1) is 0 Å². The van der Waals surface area contributed by atoms with E-state index >= 15 is 0 Å². The van der Waals surface area contributed by atoms with Gasteiger partial charge < -0.3 is 10.4 Å². The summed E-state index contributed by atoms with van der Waals surface area (Å²) in [6.45, 7) is 1.89. The van der Waals surface area contributed by atoms with Gasteiger partial charge in [0.1, 0.15) is 0 Å². The summed E-state index contributed by atoms with van der Waals surface area (Å²) in [5.41, 5.74) is 0.603. The van der Waals surface area contributed by atoms with Crippen LogP contribution in [-0.4, -0.2) is 17.0 Å². The first-order chi connectivity index (χ1) is 10.1. The minimum atomic E-state index is -1.03. The third kappa shape index (κ3) is 4.31. The molecule has 2 unspecified atom stereocenters. The molecule has 2 N–H and O–H groups in total. The van der Waals surface area contributed by atoms with E-state index in [-0.39, 0.29) is 11.8 Å². The highest BCUT2D eigenvalue weighted by molar-refractivity contribution is 5.85. The van der Waals surface area contributed by atoms with Gasteiger partial charge in [-0.2, -0.15) is 0 Å². The minimum Gasteiger partial charge on any atom is -0.479 e. The second kappa shape index (κ2) is 7.25. The third-order valence-corrected chi connectivity index (χ3v) is 4.28. The molecular weight excluding hydrogens is 266 g/mol. The van der Waals surface area contributed by atoms with Gasteiger partial charge in [-0.3, -0.25) is 4.79 Å². The van der Waals surface area contributed by atoms with E-state index in [1.807, 2.05) is 13.0 Å². The number of nitrogens with one attached hydrogen (secondary N) is 1. The standard InChI is InChI=1S/C17H23NO3/c1-12(11-13-7-5-6-8-13)16(19)18-15(17(20)21)14-9-3-2-4-10-14/h2-4,9-10,12-13,15H,5-8,11H2,1H3,(H,18,19)(H,20,21). The highest BCUT2D eigenvalue weighted by Gasteiger charge is 2.26. The fraction of sp³-hybridized carbons (Fsp3) is 0.529. The number of aliphatic carboxylic acids is 1. The van der Waals surface area contributed by atoms with Gasteiger partial charge >= 0.3 is 5.97 Å². The lowest BCUT2D eigenvalue weighted by atomic mass is 9.93. The first-order valence-electron chi connectivity index (χ1n) is 7.66. The summed E-state index contributed by atoms with van der Waals surface area (Å²) in [5.74, 6) is -0.717. The molecule has 0 radical (unpaired) electrons. The van der Waals surface area contributed by atoms with Crippen LogP contribution in [0.15, 0.2) is 30.3 Å². The number of carboxylic acids is 1.